The van der Waals surface area contributed by atoms with E-state index in [1.165, 1.54) is 12.1 Å². The smallest absolute Gasteiger partial charge is 0.241 e. The monoisotopic (exact) mass is 325 g/mol. The molecule has 0 spiro atoms. The van der Waals surface area contributed by atoms with Crippen LogP contribution in [0.5, 0.6) is 0 Å². The summed E-state index contributed by atoms with van der Waals surface area (Å²) >= 11 is 6.00. The molecular weight excluding hydrogens is 310 g/mol. The molecule has 112 valence electrons. The van der Waals surface area contributed by atoms with E-state index < -0.39 is 16.1 Å². The summed E-state index contributed by atoms with van der Waals surface area (Å²) in [5.74, 6) is 0. The van der Waals surface area contributed by atoms with Crippen LogP contribution in [0.25, 0.3) is 0 Å². The van der Waals surface area contributed by atoms with Gasteiger partial charge in [0.2, 0.25) is 10.0 Å². The number of halogens is 1. The zero-order chi connectivity index (χ0) is 15.5. The van der Waals surface area contributed by atoms with Crippen molar-refractivity contribution in [1.29, 1.82) is 0 Å². The standard InChI is InChI=1S/C14H16ClN3O2S/c1-10(14-4-2-3-7-17-14)18-21(19,20)12-6-5-11(9-16)13(15)8-12/h2-8,10,18H,9,16H2,1H3. The van der Waals surface area contributed by atoms with Crippen molar-refractivity contribution < 1.29 is 8.42 Å². The summed E-state index contributed by atoms with van der Waals surface area (Å²) in [4.78, 5) is 4.24. The Morgan fingerprint density at radius 3 is 2.67 bits per heavy atom. The van der Waals surface area contributed by atoms with Crippen molar-refractivity contribution in [3.63, 3.8) is 0 Å². The maximum Gasteiger partial charge on any atom is 0.241 e. The molecule has 1 atom stereocenters. The molecule has 1 unspecified atom stereocenters. The number of nitrogens with two attached hydrogens (primary N) is 1. The summed E-state index contributed by atoms with van der Waals surface area (Å²) in [6, 6.07) is 9.40. The van der Waals surface area contributed by atoms with Gasteiger partial charge in [-0.3, -0.25) is 4.98 Å². The Labute approximate surface area is 129 Å². The van der Waals surface area contributed by atoms with Gasteiger partial charge in [0.15, 0.2) is 0 Å². The van der Waals surface area contributed by atoms with Crippen molar-refractivity contribution in [2.45, 2.75) is 24.4 Å². The topological polar surface area (TPSA) is 85.1 Å². The van der Waals surface area contributed by atoms with Crippen molar-refractivity contribution in [3.05, 3.63) is 58.9 Å². The second kappa shape index (κ2) is 6.53. The van der Waals surface area contributed by atoms with Gasteiger partial charge in [-0.05, 0) is 36.8 Å². The minimum absolute atomic E-state index is 0.104. The van der Waals surface area contributed by atoms with Crippen LogP contribution in [0.4, 0.5) is 0 Å². The van der Waals surface area contributed by atoms with Crippen LogP contribution in [0.3, 0.4) is 0 Å². The summed E-state index contributed by atoms with van der Waals surface area (Å²) in [6.07, 6.45) is 1.62. The first-order chi connectivity index (χ1) is 9.94. The van der Waals surface area contributed by atoms with Crippen LogP contribution in [0, 0.1) is 0 Å². The summed E-state index contributed by atoms with van der Waals surface area (Å²) in [5, 5.41) is 0.339. The molecule has 1 aromatic heterocycles. The first-order valence-corrected chi connectivity index (χ1v) is 8.22. The molecule has 0 fully saturated rings. The van der Waals surface area contributed by atoms with Crippen molar-refractivity contribution in [1.82, 2.24) is 9.71 Å². The Balaban J connectivity index is 2.24. The lowest BCUT2D eigenvalue weighted by Crippen LogP contribution is -2.27. The first kappa shape index (κ1) is 15.9. The van der Waals surface area contributed by atoms with Crippen LogP contribution in [0.2, 0.25) is 5.02 Å². The molecule has 3 N–H and O–H groups in total. The summed E-state index contributed by atoms with van der Waals surface area (Å²) in [5.41, 5.74) is 6.86. The zero-order valence-corrected chi connectivity index (χ0v) is 13.0. The van der Waals surface area contributed by atoms with Gasteiger partial charge in [0.1, 0.15) is 0 Å². The highest BCUT2D eigenvalue weighted by molar-refractivity contribution is 7.89. The number of benzene rings is 1. The molecule has 7 heteroatoms. The highest BCUT2D eigenvalue weighted by atomic mass is 35.5. The van der Waals surface area contributed by atoms with Crippen LogP contribution in [-0.2, 0) is 16.6 Å². The van der Waals surface area contributed by atoms with Crippen molar-refractivity contribution in [2.75, 3.05) is 0 Å². The number of hydrogen-bond donors (Lipinski definition) is 2. The molecule has 1 heterocycles. The maximum atomic E-state index is 12.3. The second-order valence-electron chi connectivity index (χ2n) is 4.55. The van der Waals surface area contributed by atoms with E-state index in [9.17, 15) is 8.42 Å². The zero-order valence-electron chi connectivity index (χ0n) is 11.5. The van der Waals surface area contributed by atoms with Crippen molar-refractivity contribution >= 4 is 21.6 Å². The molecule has 0 radical (unpaired) electrons. The number of nitrogens with zero attached hydrogens (tertiary/aromatic N) is 1. The van der Waals surface area contributed by atoms with Gasteiger partial charge in [0.05, 0.1) is 16.6 Å². The first-order valence-electron chi connectivity index (χ1n) is 6.36. The van der Waals surface area contributed by atoms with E-state index in [0.29, 0.717) is 16.3 Å². The summed E-state index contributed by atoms with van der Waals surface area (Å²) in [7, 11) is -3.67. The molecule has 2 rings (SSSR count). The Morgan fingerprint density at radius 1 is 1.33 bits per heavy atom. The van der Waals surface area contributed by atoms with E-state index in [0.717, 1.165) is 0 Å². The van der Waals surface area contributed by atoms with E-state index in [2.05, 4.69) is 9.71 Å². The van der Waals surface area contributed by atoms with Gasteiger partial charge in [-0.25, -0.2) is 13.1 Å². The molecule has 0 amide bonds. The molecule has 21 heavy (non-hydrogen) atoms. The number of hydrogen-bond acceptors (Lipinski definition) is 4. The third kappa shape index (κ3) is 3.79. The fourth-order valence-corrected chi connectivity index (χ4v) is 3.42. The largest absolute Gasteiger partial charge is 0.326 e. The lowest BCUT2D eigenvalue weighted by molar-refractivity contribution is 0.564. The number of sulfonamides is 1. The minimum Gasteiger partial charge on any atom is -0.326 e. The van der Waals surface area contributed by atoms with Crippen LogP contribution in [-0.4, -0.2) is 13.4 Å². The second-order valence-corrected chi connectivity index (χ2v) is 6.68. The molecule has 2 aromatic rings. The lowest BCUT2D eigenvalue weighted by atomic mass is 10.2. The van der Waals surface area contributed by atoms with Gasteiger partial charge in [0, 0.05) is 17.8 Å². The number of aromatic nitrogens is 1. The van der Waals surface area contributed by atoms with E-state index in [4.69, 9.17) is 17.3 Å². The number of pyridine rings is 1. The SMILES string of the molecule is CC(NS(=O)(=O)c1ccc(CN)c(Cl)c1)c1ccccn1. The Hall–Kier alpha value is -1.47. The van der Waals surface area contributed by atoms with Gasteiger partial charge >= 0.3 is 0 Å². The third-order valence-electron chi connectivity index (χ3n) is 3.02. The van der Waals surface area contributed by atoms with E-state index in [-0.39, 0.29) is 11.4 Å². The molecule has 0 bridgehead atoms. The summed E-state index contributed by atoms with van der Waals surface area (Å²) < 4.78 is 27.3. The molecule has 5 nitrogen and oxygen atoms in total. The Kier molecular flexibility index (Phi) is 4.95. The van der Waals surface area contributed by atoms with Gasteiger partial charge < -0.3 is 5.73 Å². The lowest BCUT2D eigenvalue weighted by Gasteiger charge is -2.14. The maximum absolute atomic E-state index is 12.3. The van der Waals surface area contributed by atoms with Gasteiger partial charge in [-0.1, -0.05) is 23.7 Å². The molecule has 0 saturated carbocycles. The average molecular weight is 326 g/mol. The van der Waals surface area contributed by atoms with Gasteiger partial charge in [-0.2, -0.15) is 0 Å². The van der Waals surface area contributed by atoms with Crippen LogP contribution >= 0.6 is 11.6 Å². The Bertz CT molecular complexity index is 720. The number of rotatable bonds is 5. The molecule has 0 aliphatic rings. The minimum atomic E-state index is -3.67. The Morgan fingerprint density at radius 2 is 2.10 bits per heavy atom. The van der Waals surface area contributed by atoms with Crippen molar-refractivity contribution in [3.8, 4) is 0 Å². The quantitative estimate of drug-likeness (QED) is 0.882. The van der Waals surface area contributed by atoms with Crippen molar-refractivity contribution in [2.24, 2.45) is 5.73 Å². The molecule has 1 aromatic carbocycles. The van der Waals surface area contributed by atoms with E-state index >= 15 is 0 Å². The highest BCUT2D eigenvalue weighted by Gasteiger charge is 2.19. The van der Waals surface area contributed by atoms with Crippen LogP contribution in [0.1, 0.15) is 24.2 Å². The normalized spacial score (nSPS) is 13.1. The van der Waals surface area contributed by atoms with Crippen LogP contribution < -0.4 is 10.5 Å². The van der Waals surface area contributed by atoms with Gasteiger partial charge in [-0.15, -0.1) is 0 Å². The molecular formula is C14H16ClN3O2S. The predicted molar refractivity (Wildman–Crippen MR) is 82.3 cm³/mol. The van der Waals surface area contributed by atoms with E-state index in [1.54, 1.807) is 37.4 Å². The molecule has 0 saturated heterocycles. The third-order valence-corrected chi connectivity index (χ3v) is 4.91. The fraction of sp³-hybridized carbons (Fsp3) is 0.214. The predicted octanol–water partition coefficient (Wildman–Crippen LogP) is 2.23. The van der Waals surface area contributed by atoms with Crippen LogP contribution in [0.15, 0.2) is 47.5 Å². The fourth-order valence-electron chi connectivity index (χ4n) is 1.85. The molecule has 0 aliphatic heterocycles. The van der Waals surface area contributed by atoms with Gasteiger partial charge in [0.25, 0.3) is 0 Å². The van der Waals surface area contributed by atoms with E-state index in [1.807, 2.05) is 0 Å². The molecule has 0 aliphatic carbocycles. The summed E-state index contributed by atoms with van der Waals surface area (Å²) in [6.45, 7) is 1.99. The highest BCUT2D eigenvalue weighted by Crippen LogP contribution is 2.22. The number of nitrogens with one attached hydrogen (secondary N) is 1. The average Bonchev–Trinajstić information content (AvgIpc) is 2.47.